The molecule has 1 aromatic heterocycles. The predicted octanol–water partition coefficient (Wildman–Crippen LogP) is 1.20. The lowest BCUT2D eigenvalue weighted by molar-refractivity contribution is -0.160. The van der Waals surface area contributed by atoms with Gasteiger partial charge in [-0.25, -0.2) is 9.78 Å². The van der Waals surface area contributed by atoms with E-state index in [1.165, 1.54) is 0 Å². The number of nitrogens with zero attached hydrogens (tertiary/aromatic N) is 2. The Hall–Kier alpha value is -2.37. The molecule has 1 saturated heterocycles. The number of aryl methyl sites for hydroxylation is 1. The zero-order valence-corrected chi connectivity index (χ0v) is 11.0. The monoisotopic (exact) mass is 274 g/mol. The summed E-state index contributed by atoms with van der Waals surface area (Å²) in [6.07, 6.45) is -0.341. The number of imidazole rings is 1. The molecule has 1 aromatic carbocycles. The zero-order chi connectivity index (χ0) is 14.1. The molecule has 0 bridgehead atoms. The maximum absolute atomic E-state index is 11.9. The van der Waals surface area contributed by atoms with Gasteiger partial charge in [0.25, 0.3) is 0 Å². The van der Waals surface area contributed by atoms with Crippen molar-refractivity contribution in [2.75, 3.05) is 6.61 Å². The van der Waals surface area contributed by atoms with Crippen LogP contribution in [0.5, 0.6) is 0 Å². The molecular formula is C14H14N2O4. The Morgan fingerprint density at radius 2 is 2.30 bits per heavy atom. The third-order valence-electron chi connectivity index (χ3n) is 3.29. The van der Waals surface area contributed by atoms with E-state index in [1.54, 1.807) is 4.57 Å². The minimum atomic E-state index is -0.766. The number of cyclic esters (lactones) is 1. The number of fused-ring (bicyclic) bond motifs is 1. The fourth-order valence-corrected chi connectivity index (χ4v) is 2.30. The summed E-state index contributed by atoms with van der Waals surface area (Å²) in [6, 6.07) is 7.57. The lowest BCUT2D eigenvalue weighted by Gasteiger charge is -2.10. The second-order valence-electron chi connectivity index (χ2n) is 4.67. The van der Waals surface area contributed by atoms with Gasteiger partial charge >= 0.3 is 11.9 Å². The molecule has 0 spiro atoms. The average molecular weight is 274 g/mol. The Balaban J connectivity index is 1.77. The SMILES string of the molecule is Cc1nc2ccccc2n1CC(=O)O[C@@H]1CCOC1=O. The van der Waals surface area contributed by atoms with Gasteiger partial charge in [0.1, 0.15) is 12.4 Å². The van der Waals surface area contributed by atoms with Gasteiger partial charge in [-0.3, -0.25) is 4.79 Å². The standard InChI is InChI=1S/C14H14N2O4/c1-9-15-10-4-2-3-5-11(10)16(9)8-13(17)20-12-6-7-19-14(12)18/h2-5,12H,6-8H2,1H3/t12-/m1/s1. The third-order valence-corrected chi connectivity index (χ3v) is 3.29. The van der Waals surface area contributed by atoms with Crippen molar-refractivity contribution in [3.8, 4) is 0 Å². The largest absolute Gasteiger partial charge is 0.463 e. The molecule has 1 atom stereocenters. The molecule has 0 unspecified atom stereocenters. The first kappa shape index (κ1) is 12.7. The minimum Gasteiger partial charge on any atom is -0.463 e. The molecule has 2 aromatic rings. The highest BCUT2D eigenvalue weighted by Gasteiger charge is 2.30. The number of ether oxygens (including phenoxy) is 2. The molecule has 0 radical (unpaired) electrons. The molecule has 1 fully saturated rings. The van der Waals surface area contributed by atoms with Crippen molar-refractivity contribution < 1.29 is 19.1 Å². The number of carbonyl (C=O) groups excluding carboxylic acids is 2. The summed E-state index contributed by atoms with van der Waals surface area (Å²) in [7, 11) is 0. The smallest absolute Gasteiger partial charge is 0.347 e. The topological polar surface area (TPSA) is 70.4 Å². The minimum absolute atomic E-state index is 0.0378. The highest BCUT2D eigenvalue weighted by Crippen LogP contribution is 2.16. The molecule has 20 heavy (non-hydrogen) atoms. The third kappa shape index (κ3) is 2.24. The number of aromatic nitrogens is 2. The first-order valence-corrected chi connectivity index (χ1v) is 6.43. The number of hydrogen-bond acceptors (Lipinski definition) is 5. The van der Waals surface area contributed by atoms with E-state index >= 15 is 0 Å². The summed E-state index contributed by atoms with van der Waals surface area (Å²) >= 11 is 0. The summed E-state index contributed by atoms with van der Waals surface area (Å²) in [4.78, 5) is 27.6. The van der Waals surface area contributed by atoms with Crippen LogP contribution in [0.15, 0.2) is 24.3 Å². The zero-order valence-electron chi connectivity index (χ0n) is 11.0. The van der Waals surface area contributed by atoms with E-state index < -0.39 is 18.0 Å². The van der Waals surface area contributed by atoms with Crippen LogP contribution in [0.1, 0.15) is 12.2 Å². The summed E-state index contributed by atoms with van der Waals surface area (Å²) < 4.78 is 11.7. The van der Waals surface area contributed by atoms with Crippen molar-refractivity contribution in [1.29, 1.82) is 0 Å². The molecule has 6 nitrogen and oxygen atoms in total. The van der Waals surface area contributed by atoms with Crippen molar-refractivity contribution in [3.05, 3.63) is 30.1 Å². The first-order chi connectivity index (χ1) is 9.65. The van der Waals surface area contributed by atoms with Gasteiger partial charge < -0.3 is 14.0 Å². The van der Waals surface area contributed by atoms with E-state index in [9.17, 15) is 9.59 Å². The van der Waals surface area contributed by atoms with Gasteiger partial charge in [-0.15, -0.1) is 0 Å². The Kier molecular flexibility index (Phi) is 3.14. The molecular weight excluding hydrogens is 260 g/mol. The average Bonchev–Trinajstić information content (AvgIpc) is 2.95. The molecule has 1 aliphatic heterocycles. The van der Waals surface area contributed by atoms with Gasteiger partial charge in [-0.05, 0) is 19.1 Å². The molecule has 0 amide bonds. The molecule has 3 rings (SSSR count). The highest BCUT2D eigenvalue weighted by atomic mass is 16.6. The maximum atomic E-state index is 11.9. The molecule has 1 aliphatic rings. The highest BCUT2D eigenvalue weighted by molar-refractivity contribution is 5.82. The van der Waals surface area contributed by atoms with E-state index in [1.807, 2.05) is 31.2 Å². The van der Waals surface area contributed by atoms with E-state index in [4.69, 9.17) is 9.47 Å². The summed E-state index contributed by atoms with van der Waals surface area (Å²) in [5.74, 6) is -0.192. The number of benzene rings is 1. The number of rotatable bonds is 3. The lowest BCUT2D eigenvalue weighted by atomic mass is 10.3. The summed E-state index contributed by atoms with van der Waals surface area (Å²) in [6.45, 7) is 2.18. The second kappa shape index (κ2) is 4.96. The van der Waals surface area contributed by atoms with Crippen LogP contribution in [-0.4, -0.2) is 34.2 Å². The van der Waals surface area contributed by atoms with Crippen molar-refractivity contribution in [2.24, 2.45) is 0 Å². The van der Waals surface area contributed by atoms with Crippen molar-refractivity contribution in [2.45, 2.75) is 26.0 Å². The second-order valence-corrected chi connectivity index (χ2v) is 4.67. The molecule has 2 heterocycles. The van der Waals surface area contributed by atoms with Crippen LogP contribution in [0.3, 0.4) is 0 Å². The van der Waals surface area contributed by atoms with Crippen molar-refractivity contribution in [3.63, 3.8) is 0 Å². The van der Waals surface area contributed by atoms with Gasteiger partial charge in [0.05, 0.1) is 17.6 Å². The number of para-hydroxylation sites is 2. The summed E-state index contributed by atoms with van der Waals surface area (Å²) in [5, 5.41) is 0. The van der Waals surface area contributed by atoms with Crippen molar-refractivity contribution in [1.82, 2.24) is 9.55 Å². The van der Waals surface area contributed by atoms with Crippen LogP contribution in [0, 0.1) is 6.92 Å². The molecule has 0 aliphatic carbocycles. The normalized spacial score (nSPS) is 18.2. The Labute approximate surface area is 115 Å². The Morgan fingerprint density at radius 1 is 1.50 bits per heavy atom. The fourth-order valence-electron chi connectivity index (χ4n) is 2.30. The van der Waals surface area contributed by atoms with E-state index in [0.29, 0.717) is 13.0 Å². The van der Waals surface area contributed by atoms with Gasteiger partial charge in [-0.1, -0.05) is 12.1 Å². The lowest BCUT2D eigenvalue weighted by Crippen LogP contribution is -2.25. The quantitative estimate of drug-likeness (QED) is 0.787. The number of esters is 2. The molecule has 104 valence electrons. The summed E-state index contributed by atoms with van der Waals surface area (Å²) in [5.41, 5.74) is 1.70. The Morgan fingerprint density at radius 3 is 3.05 bits per heavy atom. The molecule has 6 heteroatoms. The van der Waals surface area contributed by atoms with Crippen LogP contribution < -0.4 is 0 Å². The number of hydrogen-bond donors (Lipinski definition) is 0. The van der Waals surface area contributed by atoms with Crippen LogP contribution in [0.25, 0.3) is 11.0 Å². The maximum Gasteiger partial charge on any atom is 0.347 e. The van der Waals surface area contributed by atoms with Crippen LogP contribution in [0.2, 0.25) is 0 Å². The van der Waals surface area contributed by atoms with Gasteiger partial charge in [-0.2, -0.15) is 0 Å². The first-order valence-electron chi connectivity index (χ1n) is 6.43. The van der Waals surface area contributed by atoms with Gasteiger partial charge in [0.15, 0.2) is 0 Å². The van der Waals surface area contributed by atoms with Crippen LogP contribution in [0.4, 0.5) is 0 Å². The Bertz CT molecular complexity index is 677. The van der Waals surface area contributed by atoms with Crippen molar-refractivity contribution >= 4 is 23.0 Å². The fraction of sp³-hybridized carbons (Fsp3) is 0.357. The van der Waals surface area contributed by atoms with Crippen LogP contribution in [-0.2, 0) is 25.6 Å². The molecule has 0 N–H and O–H groups in total. The predicted molar refractivity (Wildman–Crippen MR) is 69.9 cm³/mol. The van der Waals surface area contributed by atoms with Gasteiger partial charge in [0.2, 0.25) is 6.10 Å². The molecule has 0 saturated carbocycles. The van der Waals surface area contributed by atoms with E-state index in [-0.39, 0.29) is 6.54 Å². The van der Waals surface area contributed by atoms with E-state index in [2.05, 4.69) is 4.98 Å². The van der Waals surface area contributed by atoms with Crippen LogP contribution >= 0.6 is 0 Å². The van der Waals surface area contributed by atoms with E-state index in [0.717, 1.165) is 16.9 Å². The number of carbonyl (C=O) groups is 2. The van der Waals surface area contributed by atoms with Gasteiger partial charge in [0, 0.05) is 6.42 Å².